The van der Waals surface area contributed by atoms with Crippen molar-refractivity contribution in [2.45, 2.75) is 19.4 Å². The summed E-state index contributed by atoms with van der Waals surface area (Å²) in [6.07, 6.45) is 4.36. The van der Waals surface area contributed by atoms with Crippen LogP contribution in [0.3, 0.4) is 0 Å². The second-order valence-electron chi connectivity index (χ2n) is 4.92. The average molecular weight is 254 g/mol. The number of aromatic nitrogens is 1. The van der Waals surface area contributed by atoms with Crippen LogP contribution in [0.15, 0.2) is 42.6 Å². The minimum absolute atomic E-state index is 0.0637. The van der Waals surface area contributed by atoms with Crippen LogP contribution >= 0.6 is 0 Å². The molecule has 0 saturated carbocycles. The largest absolute Gasteiger partial charge is 0.392 e. The lowest BCUT2D eigenvalue weighted by molar-refractivity contribution is 0.282. The van der Waals surface area contributed by atoms with Crippen molar-refractivity contribution >= 4 is 5.69 Å². The van der Waals surface area contributed by atoms with E-state index in [0.717, 1.165) is 35.6 Å². The zero-order chi connectivity index (χ0) is 13.1. The summed E-state index contributed by atoms with van der Waals surface area (Å²) in [6.45, 7) is 2.20. The highest BCUT2D eigenvalue weighted by Gasteiger charge is 2.16. The summed E-state index contributed by atoms with van der Waals surface area (Å²) in [5, 5.41) is 9.60. The van der Waals surface area contributed by atoms with E-state index in [0.29, 0.717) is 0 Å². The van der Waals surface area contributed by atoms with E-state index < -0.39 is 0 Å². The molecule has 1 saturated heterocycles. The van der Waals surface area contributed by atoms with E-state index in [1.165, 1.54) is 12.8 Å². The number of nitrogens with zero attached hydrogens (tertiary/aromatic N) is 2. The van der Waals surface area contributed by atoms with E-state index in [-0.39, 0.29) is 6.61 Å². The molecular formula is C16H18N2O. The van der Waals surface area contributed by atoms with Gasteiger partial charge in [-0.05, 0) is 18.9 Å². The molecule has 0 aliphatic carbocycles. The molecule has 1 aromatic heterocycles. The Morgan fingerprint density at radius 3 is 2.53 bits per heavy atom. The third kappa shape index (κ3) is 2.47. The molecule has 0 spiro atoms. The lowest BCUT2D eigenvalue weighted by Crippen LogP contribution is -2.19. The van der Waals surface area contributed by atoms with Gasteiger partial charge in [-0.1, -0.05) is 30.3 Å². The fourth-order valence-electron chi connectivity index (χ4n) is 2.63. The minimum atomic E-state index is 0.0637. The molecule has 2 aromatic rings. The number of hydrogen-bond acceptors (Lipinski definition) is 3. The van der Waals surface area contributed by atoms with Crippen LogP contribution in [0.25, 0.3) is 11.3 Å². The van der Waals surface area contributed by atoms with Crippen molar-refractivity contribution in [2.24, 2.45) is 0 Å². The molecule has 0 atom stereocenters. The van der Waals surface area contributed by atoms with Gasteiger partial charge >= 0.3 is 0 Å². The van der Waals surface area contributed by atoms with Gasteiger partial charge in [-0.3, -0.25) is 4.98 Å². The first kappa shape index (κ1) is 12.2. The third-order valence-electron chi connectivity index (χ3n) is 3.65. The fraction of sp³-hybridized carbons (Fsp3) is 0.312. The van der Waals surface area contributed by atoms with Gasteiger partial charge < -0.3 is 10.0 Å². The van der Waals surface area contributed by atoms with E-state index in [9.17, 15) is 5.11 Å². The standard InChI is InChI=1S/C16H18N2O/c19-12-14-10-15(13-6-2-1-3-7-13)17-11-16(14)18-8-4-5-9-18/h1-3,6-7,10-11,19H,4-5,8-9,12H2. The Morgan fingerprint density at radius 2 is 1.84 bits per heavy atom. The molecule has 0 amide bonds. The average Bonchev–Trinajstić information content (AvgIpc) is 3.01. The van der Waals surface area contributed by atoms with Crippen molar-refractivity contribution in [1.82, 2.24) is 4.98 Å². The highest BCUT2D eigenvalue weighted by Crippen LogP contribution is 2.27. The maximum Gasteiger partial charge on any atom is 0.0707 e. The Kier molecular flexibility index (Phi) is 3.47. The summed E-state index contributed by atoms with van der Waals surface area (Å²) in [5.74, 6) is 0. The Morgan fingerprint density at radius 1 is 1.11 bits per heavy atom. The number of hydrogen-bond donors (Lipinski definition) is 1. The zero-order valence-electron chi connectivity index (χ0n) is 10.9. The van der Waals surface area contributed by atoms with Crippen molar-refractivity contribution in [3.63, 3.8) is 0 Å². The SMILES string of the molecule is OCc1cc(-c2ccccc2)ncc1N1CCCC1. The summed E-state index contributed by atoms with van der Waals surface area (Å²) < 4.78 is 0. The molecule has 0 bridgehead atoms. The first-order valence-corrected chi connectivity index (χ1v) is 6.78. The van der Waals surface area contributed by atoms with Crippen molar-refractivity contribution in [2.75, 3.05) is 18.0 Å². The molecule has 1 aliphatic rings. The van der Waals surface area contributed by atoms with Crippen LogP contribution < -0.4 is 4.90 Å². The summed E-state index contributed by atoms with van der Waals surface area (Å²) in [5.41, 5.74) is 4.06. The van der Waals surface area contributed by atoms with E-state index in [1.54, 1.807) is 0 Å². The van der Waals surface area contributed by atoms with Crippen LogP contribution in [0.1, 0.15) is 18.4 Å². The van der Waals surface area contributed by atoms with Crippen molar-refractivity contribution < 1.29 is 5.11 Å². The number of rotatable bonds is 3. The first-order chi connectivity index (χ1) is 9.38. The number of anilines is 1. The van der Waals surface area contributed by atoms with E-state index in [2.05, 4.69) is 9.88 Å². The lowest BCUT2D eigenvalue weighted by atomic mass is 10.1. The second-order valence-corrected chi connectivity index (χ2v) is 4.92. The maximum absolute atomic E-state index is 9.60. The van der Waals surface area contributed by atoms with Crippen LogP contribution in [0.5, 0.6) is 0 Å². The predicted molar refractivity (Wildman–Crippen MR) is 77.0 cm³/mol. The molecule has 1 fully saturated rings. The van der Waals surface area contributed by atoms with E-state index >= 15 is 0 Å². The number of aliphatic hydroxyl groups excluding tert-OH is 1. The van der Waals surface area contributed by atoms with Crippen LogP contribution in [-0.4, -0.2) is 23.2 Å². The topological polar surface area (TPSA) is 36.4 Å². The Balaban J connectivity index is 1.97. The normalized spacial score (nSPS) is 14.9. The molecule has 1 N–H and O–H groups in total. The Bertz CT molecular complexity index is 548. The highest BCUT2D eigenvalue weighted by molar-refractivity contribution is 5.64. The van der Waals surface area contributed by atoms with Gasteiger partial charge in [0.15, 0.2) is 0 Å². The molecule has 3 rings (SSSR count). The van der Waals surface area contributed by atoms with E-state index in [4.69, 9.17) is 0 Å². The number of aliphatic hydroxyl groups is 1. The molecule has 2 heterocycles. The Hall–Kier alpha value is -1.87. The minimum Gasteiger partial charge on any atom is -0.392 e. The Labute approximate surface area is 113 Å². The summed E-state index contributed by atoms with van der Waals surface area (Å²) in [6, 6.07) is 12.1. The van der Waals surface area contributed by atoms with E-state index in [1.807, 2.05) is 42.6 Å². The van der Waals surface area contributed by atoms with Gasteiger partial charge in [0, 0.05) is 24.2 Å². The smallest absolute Gasteiger partial charge is 0.0707 e. The summed E-state index contributed by atoms with van der Waals surface area (Å²) in [4.78, 5) is 6.86. The van der Waals surface area contributed by atoms with Gasteiger partial charge in [-0.2, -0.15) is 0 Å². The molecule has 3 nitrogen and oxygen atoms in total. The van der Waals surface area contributed by atoms with Crippen LogP contribution in [-0.2, 0) is 6.61 Å². The predicted octanol–water partition coefficient (Wildman–Crippen LogP) is 2.84. The van der Waals surface area contributed by atoms with Crippen molar-refractivity contribution in [3.05, 3.63) is 48.2 Å². The van der Waals surface area contributed by atoms with Gasteiger partial charge in [0.25, 0.3) is 0 Å². The molecule has 0 unspecified atom stereocenters. The molecule has 98 valence electrons. The van der Waals surface area contributed by atoms with Gasteiger partial charge in [0.05, 0.1) is 24.2 Å². The van der Waals surface area contributed by atoms with Crippen LogP contribution in [0.4, 0.5) is 5.69 Å². The lowest BCUT2D eigenvalue weighted by Gasteiger charge is -2.20. The molecular weight excluding hydrogens is 236 g/mol. The molecule has 1 aliphatic heterocycles. The second kappa shape index (κ2) is 5.41. The van der Waals surface area contributed by atoms with Gasteiger partial charge in [0.2, 0.25) is 0 Å². The highest BCUT2D eigenvalue weighted by atomic mass is 16.3. The maximum atomic E-state index is 9.60. The first-order valence-electron chi connectivity index (χ1n) is 6.78. The molecule has 0 radical (unpaired) electrons. The monoisotopic (exact) mass is 254 g/mol. The fourth-order valence-corrected chi connectivity index (χ4v) is 2.63. The summed E-state index contributed by atoms with van der Waals surface area (Å²) in [7, 11) is 0. The molecule has 1 aromatic carbocycles. The van der Waals surface area contributed by atoms with Crippen molar-refractivity contribution in [1.29, 1.82) is 0 Å². The molecule has 19 heavy (non-hydrogen) atoms. The van der Waals surface area contributed by atoms with Gasteiger partial charge in [-0.25, -0.2) is 0 Å². The third-order valence-corrected chi connectivity index (χ3v) is 3.65. The molecule has 3 heteroatoms. The van der Waals surface area contributed by atoms with Gasteiger partial charge in [0.1, 0.15) is 0 Å². The van der Waals surface area contributed by atoms with Gasteiger partial charge in [-0.15, -0.1) is 0 Å². The van der Waals surface area contributed by atoms with Crippen LogP contribution in [0.2, 0.25) is 0 Å². The number of pyridine rings is 1. The van der Waals surface area contributed by atoms with Crippen LogP contribution in [0, 0.1) is 0 Å². The quantitative estimate of drug-likeness (QED) is 0.915. The van der Waals surface area contributed by atoms with Crippen molar-refractivity contribution in [3.8, 4) is 11.3 Å². The number of benzene rings is 1. The summed E-state index contributed by atoms with van der Waals surface area (Å²) >= 11 is 0. The zero-order valence-corrected chi connectivity index (χ0v) is 10.9.